The molecule has 0 saturated heterocycles. The molecule has 2 rings (SSSR count). The van der Waals surface area contributed by atoms with E-state index in [1.807, 2.05) is 26.0 Å². The van der Waals surface area contributed by atoms with E-state index in [0.717, 1.165) is 5.56 Å². The van der Waals surface area contributed by atoms with Crippen LogP contribution in [0.25, 0.3) is 0 Å². The van der Waals surface area contributed by atoms with Crippen LogP contribution < -0.4 is 14.8 Å². The molecule has 0 unspecified atom stereocenters. The van der Waals surface area contributed by atoms with Crippen molar-refractivity contribution in [2.75, 3.05) is 19.8 Å². The van der Waals surface area contributed by atoms with Crippen LogP contribution in [0.4, 0.5) is 0 Å². The van der Waals surface area contributed by atoms with Gasteiger partial charge in [0.25, 0.3) is 0 Å². The highest BCUT2D eigenvalue weighted by molar-refractivity contribution is 6.32. The Morgan fingerprint density at radius 3 is 2.84 bits per heavy atom. The summed E-state index contributed by atoms with van der Waals surface area (Å²) in [4.78, 5) is 0. The van der Waals surface area contributed by atoms with Crippen LogP contribution in [0.5, 0.6) is 11.5 Å². The van der Waals surface area contributed by atoms with E-state index in [4.69, 9.17) is 26.3 Å². The van der Waals surface area contributed by atoms with Gasteiger partial charge in [-0.25, -0.2) is 0 Å². The predicted octanol–water partition coefficient (Wildman–Crippen LogP) is 2.75. The molecule has 0 aromatic heterocycles. The third kappa shape index (κ3) is 3.52. The van der Waals surface area contributed by atoms with E-state index in [0.29, 0.717) is 42.8 Å². The fraction of sp³-hybridized carbons (Fsp3) is 0.500. The predicted molar refractivity (Wildman–Crippen MR) is 73.5 cm³/mol. The Morgan fingerprint density at radius 2 is 2.11 bits per heavy atom. The quantitative estimate of drug-likeness (QED) is 0.921. The van der Waals surface area contributed by atoms with E-state index in [-0.39, 0.29) is 5.41 Å². The van der Waals surface area contributed by atoms with Crippen LogP contribution in [0.15, 0.2) is 12.1 Å². The zero-order valence-electron chi connectivity index (χ0n) is 11.1. The van der Waals surface area contributed by atoms with Crippen LogP contribution in [0.2, 0.25) is 5.02 Å². The maximum atomic E-state index is 8.95. The fourth-order valence-electron chi connectivity index (χ4n) is 1.83. The second-order valence-electron chi connectivity index (χ2n) is 5.20. The molecule has 102 valence electrons. The van der Waals surface area contributed by atoms with Crippen LogP contribution in [-0.2, 0) is 6.54 Å². The van der Waals surface area contributed by atoms with Crippen molar-refractivity contribution < 1.29 is 9.47 Å². The normalized spacial score (nSPS) is 14.0. The Labute approximate surface area is 118 Å². The summed E-state index contributed by atoms with van der Waals surface area (Å²) in [6.45, 7) is 6.13. The molecule has 0 saturated carbocycles. The largest absolute Gasteiger partial charge is 0.486 e. The lowest BCUT2D eigenvalue weighted by molar-refractivity contribution is 0.171. The molecule has 0 spiro atoms. The average Bonchev–Trinajstić information content (AvgIpc) is 2.39. The first kappa shape index (κ1) is 14.0. The summed E-state index contributed by atoms with van der Waals surface area (Å²) in [6.07, 6.45) is 0. The minimum atomic E-state index is -0.377. The Bertz CT molecular complexity index is 509. The van der Waals surface area contributed by atoms with Gasteiger partial charge in [0, 0.05) is 13.1 Å². The van der Waals surface area contributed by atoms with Crippen molar-refractivity contribution in [3.8, 4) is 17.6 Å². The second-order valence-corrected chi connectivity index (χ2v) is 5.61. The van der Waals surface area contributed by atoms with E-state index in [1.165, 1.54) is 0 Å². The maximum Gasteiger partial charge on any atom is 0.179 e. The number of nitrogens with zero attached hydrogens (tertiary/aromatic N) is 1. The van der Waals surface area contributed by atoms with Gasteiger partial charge in [0.15, 0.2) is 11.5 Å². The van der Waals surface area contributed by atoms with Gasteiger partial charge >= 0.3 is 0 Å². The molecule has 1 aliphatic heterocycles. The second kappa shape index (κ2) is 5.68. The minimum Gasteiger partial charge on any atom is -0.486 e. The number of fused-ring (bicyclic) bond motifs is 1. The van der Waals surface area contributed by atoms with E-state index in [1.54, 1.807) is 0 Å². The van der Waals surface area contributed by atoms with Gasteiger partial charge in [-0.05, 0) is 31.5 Å². The molecule has 1 heterocycles. The van der Waals surface area contributed by atoms with Crippen LogP contribution >= 0.6 is 11.6 Å². The summed E-state index contributed by atoms with van der Waals surface area (Å²) in [7, 11) is 0. The van der Waals surface area contributed by atoms with Crippen molar-refractivity contribution in [1.82, 2.24) is 5.32 Å². The topological polar surface area (TPSA) is 54.3 Å². The molecule has 0 aliphatic carbocycles. The highest BCUT2D eigenvalue weighted by atomic mass is 35.5. The molecule has 1 aliphatic rings. The molecule has 1 N–H and O–H groups in total. The lowest BCUT2D eigenvalue weighted by Gasteiger charge is -2.21. The van der Waals surface area contributed by atoms with Gasteiger partial charge in [0.05, 0.1) is 16.5 Å². The van der Waals surface area contributed by atoms with Gasteiger partial charge in [-0.2, -0.15) is 5.26 Å². The standard InChI is InChI=1S/C14H17ClN2O2/c1-14(2,8-16)9-17-7-10-5-11(15)13-12(6-10)18-3-4-19-13/h5-6,17H,3-4,7,9H2,1-2H3. The summed E-state index contributed by atoms with van der Waals surface area (Å²) >= 11 is 6.16. The molecule has 0 amide bonds. The van der Waals surface area contributed by atoms with Crippen LogP contribution in [0, 0.1) is 16.7 Å². The average molecular weight is 281 g/mol. The van der Waals surface area contributed by atoms with Crippen molar-refractivity contribution >= 4 is 11.6 Å². The summed E-state index contributed by atoms with van der Waals surface area (Å²) in [5.41, 5.74) is 0.639. The number of hydrogen-bond donors (Lipinski definition) is 1. The fourth-order valence-corrected chi connectivity index (χ4v) is 2.11. The number of nitriles is 1. The summed E-state index contributed by atoms with van der Waals surface area (Å²) in [5, 5.41) is 12.8. The van der Waals surface area contributed by atoms with E-state index in [9.17, 15) is 0 Å². The smallest absolute Gasteiger partial charge is 0.179 e. The summed E-state index contributed by atoms with van der Waals surface area (Å²) in [6, 6.07) is 6.04. The van der Waals surface area contributed by atoms with Gasteiger partial charge in [0.1, 0.15) is 13.2 Å². The van der Waals surface area contributed by atoms with Gasteiger partial charge in [0.2, 0.25) is 0 Å². The number of halogens is 1. The third-order valence-corrected chi connectivity index (χ3v) is 3.14. The monoisotopic (exact) mass is 280 g/mol. The number of rotatable bonds is 4. The van der Waals surface area contributed by atoms with E-state index in [2.05, 4.69) is 11.4 Å². The number of benzene rings is 1. The molecule has 5 heteroatoms. The number of ether oxygens (including phenoxy) is 2. The molecule has 1 aromatic carbocycles. The molecule has 0 fully saturated rings. The molecule has 0 atom stereocenters. The first-order valence-electron chi connectivity index (χ1n) is 6.22. The first-order chi connectivity index (χ1) is 9.02. The van der Waals surface area contributed by atoms with Gasteiger partial charge in [-0.3, -0.25) is 0 Å². The molecule has 19 heavy (non-hydrogen) atoms. The van der Waals surface area contributed by atoms with Crippen molar-refractivity contribution in [2.24, 2.45) is 5.41 Å². The van der Waals surface area contributed by atoms with Crippen LogP contribution in [0.1, 0.15) is 19.4 Å². The van der Waals surface area contributed by atoms with Gasteiger partial charge in [-0.15, -0.1) is 0 Å². The molecular formula is C14H17ClN2O2. The number of nitrogens with one attached hydrogen (secondary N) is 1. The lowest BCUT2D eigenvalue weighted by atomic mass is 9.96. The minimum absolute atomic E-state index is 0.377. The molecule has 0 radical (unpaired) electrons. The van der Waals surface area contributed by atoms with Crippen LogP contribution in [0.3, 0.4) is 0 Å². The SMILES string of the molecule is CC(C)(C#N)CNCc1cc(Cl)c2c(c1)OCCO2. The maximum absolute atomic E-state index is 8.95. The highest BCUT2D eigenvalue weighted by Crippen LogP contribution is 2.38. The highest BCUT2D eigenvalue weighted by Gasteiger charge is 2.18. The Kier molecular flexibility index (Phi) is 4.18. The molecule has 1 aromatic rings. The number of hydrogen-bond acceptors (Lipinski definition) is 4. The van der Waals surface area contributed by atoms with Gasteiger partial charge < -0.3 is 14.8 Å². The van der Waals surface area contributed by atoms with Crippen LogP contribution in [-0.4, -0.2) is 19.8 Å². The Hall–Kier alpha value is -1.44. The Morgan fingerprint density at radius 1 is 1.37 bits per heavy atom. The van der Waals surface area contributed by atoms with Crippen molar-refractivity contribution in [1.29, 1.82) is 5.26 Å². The first-order valence-corrected chi connectivity index (χ1v) is 6.60. The van der Waals surface area contributed by atoms with E-state index >= 15 is 0 Å². The van der Waals surface area contributed by atoms with E-state index < -0.39 is 0 Å². The lowest BCUT2D eigenvalue weighted by Crippen LogP contribution is -2.27. The molecular weight excluding hydrogens is 264 g/mol. The zero-order valence-corrected chi connectivity index (χ0v) is 11.9. The summed E-state index contributed by atoms with van der Waals surface area (Å²) in [5.74, 6) is 1.31. The molecule has 0 bridgehead atoms. The zero-order chi connectivity index (χ0) is 13.9. The van der Waals surface area contributed by atoms with Gasteiger partial charge in [-0.1, -0.05) is 11.6 Å². The van der Waals surface area contributed by atoms with Crippen molar-refractivity contribution in [3.63, 3.8) is 0 Å². The summed E-state index contributed by atoms with van der Waals surface area (Å²) < 4.78 is 11.0. The van der Waals surface area contributed by atoms with Crippen molar-refractivity contribution in [3.05, 3.63) is 22.7 Å². The molecule has 4 nitrogen and oxygen atoms in total. The van der Waals surface area contributed by atoms with Crippen molar-refractivity contribution in [2.45, 2.75) is 20.4 Å². The Balaban J connectivity index is 2.02. The third-order valence-electron chi connectivity index (χ3n) is 2.86.